The van der Waals surface area contributed by atoms with Crippen molar-refractivity contribution in [3.05, 3.63) is 47.5 Å². The Morgan fingerprint density at radius 2 is 1.96 bits per heavy atom. The van der Waals surface area contributed by atoms with Gasteiger partial charge in [-0.05, 0) is 42.5 Å². The van der Waals surface area contributed by atoms with Gasteiger partial charge in [0.05, 0.1) is 10.7 Å². The monoisotopic (exact) mass is 375 g/mol. The van der Waals surface area contributed by atoms with Gasteiger partial charge >= 0.3 is 0 Å². The zero-order valence-corrected chi connectivity index (χ0v) is 16.5. The van der Waals surface area contributed by atoms with Crippen molar-refractivity contribution in [2.24, 2.45) is 5.41 Å². The highest BCUT2D eigenvalue weighted by molar-refractivity contribution is 7.99. The fourth-order valence-electron chi connectivity index (χ4n) is 3.49. The number of anilines is 2. The van der Waals surface area contributed by atoms with Crippen LogP contribution in [0.3, 0.4) is 0 Å². The Morgan fingerprint density at radius 1 is 1.20 bits per heavy atom. The van der Waals surface area contributed by atoms with Crippen molar-refractivity contribution >= 4 is 34.7 Å². The summed E-state index contributed by atoms with van der Waals surface area (Å²) in [6, 6.07) is 14.2. The van der Waals surface area contributed by atoms with Gasteiger partial charge in [0.1, 0.15) is 5.75 Å². The van der Waals surface area contributed by atoms with E-state index < -0.39 is 0 Å². The van der Waals surface area contributed by atoms with Gasteiger partial charge in [0.2, 0.25) is 0 Å². The van der Waals surface area contributed by atoms with Crippen LogP contribution in [0.1, 0.15) is 39.5 Å². The van der Waals surface area contributed by atoms with Crippen LogP contribution in [0.5, 0.6) is 5.75 Å². The van der Waals surface area contributed by atoms with Crippen molar-refractivity contribution < 1.29 is 5.11 Å². The van der Waals surface area contributed by atoms with Gasteiger partial charge in [-0.2, -0.15) is 0 Å². The van der Waals surface area contributed by atoms with Crippen LogP contribution in [-0.4, -0.2) is 17.4 Å². The summed E-state index contributed by atoms with van der Waals surface area (Å²) in [5.74, 6) is 1.24. The highest BCUT2D eigenvalue weighted by Crippen LogP contribution is 2.48. The second kappa shape index (κ2) is 7.92. The lowest BCUT2D eigenvalue weighted by atomic mass is 9.81. The Hall–Kier alpha value is -1.32. The molecular formula is C21H26ClNOS. The van der Waals surface area contributed by atoms with E-state index in [1.54, 1.807) is 0 Å². The maximum absolute atomic E-state index is 10.1. The van der Waals surface area contributed by atoms with Gasteiger partial charge in [-0.15, -0.1) is 11.8 Å². The van der Waals surface area contributed by atoms with Crippen molar-refractivity contribution in [3.8, 4) is 5.75 Å². The summed E-state index contributed by atoms with van der Waals surface area (Å²) in [7, 11) is 0. The molecule has 1 aliphatic heterocycles. The lowest BCUT2D eigenvalue weighted by molar-refractivity contribution is 0.295. The Balaban J connectivity index is 2.08. The van der Waals surface area contributed by atoms with E-state index in [1.807, 2.05) is 30.0 Å². The molecule has 0 spiro atoms. The van der Waals surface area contributed by atoms with E-state index in [1.165, 1.54) is 24.9 Å². The minimum Gasteiger partial charge on any atom is -0.506 e. The highest BCUT2D eigenvalue weighted by Gasteiger charge is 2.35. The lowest BCUT2D eigenvalue weighted by Crippen LogP contribution is -2.35. The van der Waals surface area contributed by atoms with Gasteiger partial charge in [-0.3, -0.25) is 0 Å². The number of halogens is 1. The molecule has 0 saturated heterocycles. The molecule has 1 atom stereocenters. The van der Waals surface area contributed by atoms with Crippen molar-refractivity contribution in [2.75, 3.05) is 17.2 Å². The molecule has 1 N–H and O–H groups in total. The van der Waals surface area contributed by atoms with Crippen molar-refractivity contribution in [1.29, 1.82) is 0 Å². The Kier molecular flexibility index (Phi) is 5.85. The minimum atomic E-state index is 0.165. The molecule has 2 aromatic rings. The van der Waals surface area contributed by atoms with Crippen LogP contribution < -0.4 is 4.90 Å². The molecule has 1 heterocycles. The van der Waals surface area contributed by atoms with E-state index >= 15 is 0 Å². The first-order chi connectivity index (χ1) is 12.1. The Morgan fingerprint density at radius 3 is 2.64 bits per heavy atom. The summed E-state index contributed by atoms with van der Waals surface area (Å²) in [5.41, 5.74) is 2.55. The van der Waals surface area contributed by atoms with Gasteiger partial charge in [0.15, 0.2) is 0 Å². The van der Waals surface area contributed by atoms with Gasteiger partial charge in [0, 0.05) is 22.9 Å². The number of para-hydroxylation sites is 1. The van der Waals surface area contributed by atoms with Gasteiger partial charge in [0.25, 0.3) is 0 Å². The lowest BCUT2D eigenvalue weighted by Gasteiger charge is -2.36. The number of benzene rings is 2. The molecular weight excluding hydrogens is 350 g/mol. The fourth-order valence-corrected chi connectivity index (χ4v) is 5.06. The summed E-state index contributed by atoms with van der Waals surface area (Å²) in [5, 5.41) is 10.5. The van der Waals surface area contributed by atoms with Crippen molar-refractivity contribution in [3.63, 3.8) is 0 Å². The Labute approximate surface area is 160 Å². The van der Waals surface area contributed by atoms with Crippen LogP contribution >= 0.6 is 23.4 Å². The number of aromatic hydroxyl groups is 1. The molecule has 25 heavy (non-hydrogen) atoms. The molecule has 4 heteroatoms. The first-order valence-electron chi connectivity index (χ1n) is 9.06. The van der Waals surface area contributed by atoms with E-state index in [2.05, 4.69) is 43.0 Å². The van der Waals surface area contributed by atoms with Crippen LogP contribution in [0, 0.1) is 5.41 Å². The normalized spacial score (nSPS) is 20.2. The number of nitrogens with zero attached hydrogens (tertiary/aromatic N) is 1. The molecule has 0 amide bonds. The van der Waals surface area contributed by atoms with Crippen LogP contribution in [0.15, 0.2) is 47.4 Å². The van der Waals surface area contributed by atoms with Crippen molar-refractivity contribution in [2.45, 2.75) is 44.4 Å². The molecule has 0 radical (unpaired) electrons. The zero-order valence-electron chi connectivity index (χ0n) is 15.0. The van der Waals surface area contributed by atoms with Crippen LogP contribution in [-0.2, 0) is 0 Å². The molecule has 2 nitrogen and oxygen atoms in total. The quantitative estimate of drug-likeness (QED) is 0.616. The number of hydrogen-bond acceptors (Lipinski definition) is 3. The SMILES string of the molecule is CCCCC1(CC)CSc2cc(O)c(Cl)cc2N(c2ccccc2)C1. The number of phenols is 1. The summed E-state index contributed by atoms with van der Waals surface area (Å²) in [6.45, 7) is 5.54. The fraction of sp³-hybridized carbons (Fsp3) is 0.429. The third-order valence-electron chi connectivity index (χ3n) is 5.23. The number of hydrogen-bond donors (Lipinski definition) is 1. The van der Waals surface area contributed by atoms with Crippen LogP contribution in [0.25, 0.3) is 0 Å². The third kappa shape index (κ3) is 3.93. The molecule has 1 aliphatic rings. The number of thioether (sulfide) groups is 1. The predicted molar refractivity (Wildman–Crippen MR) is 110 cm³/mol. The topological polar surface area (TPSA) is 23.5 Å². The highest BCUT2D eigenvalue weighted by atomic mass is 35.5. The second-order valence-corrected chi connectivity index (χ2v) is 8.36. The van der Waals surface area contributed by atoms with E-state index in [4.69, 9.17) is 11.6 Å². The number of unbranched alkanes of at least 4 members (excludes halogenated alkanes) is 1. The predicted octanol–water partition coefficient (Wildman–Crippen LogP) is 6.88. The van der Waals surface area contributed by atoms with E-state index in [0.717, 1.165) is 29.3 Å². The Bertz CT molecular complexity index is 721. The van der Waals surface area contributed by atoms with Gasteiger partial charge in [-0.1, -0.05) is 56.5 Å². The van der Waals surface area contributed by atoms with Gasteiger partial charge in [-0.25, -0.2) is 0 Å². The second-order valence-electron chi connectivity index (χ2n) is 6.94. The zero-order chi connectivity index (χ0) is 17.9. The number of rotatable bonds is 5. The molecule has 3 rings (SSSR count). The smallest absolute Gasteiger partial charge is 0.135 e. The first kappa shape index (κ1) is 18.5. The summed E-state index contributed by atoms with van der Waals surface area (Å²) in [6.07, 6.45) is 4.85. The maximum atomic E-state index is 10.1. The van der Waals surface area contributed by atoms with Crippen molar-refractivity contribution in [1.82, 2.24) is 0 Å². The van der Waals surface area contributed by atoms with Gasteiger partial charge < -0.3 is 10.0 Å². The number of fused-ring (bicyclic) bond motifs is 1. The van der Waals surface area contributed by atoms with E-state index in [9.17, 15) is 5.11 Å². The standard InChI is InChI=1S/C21H26ClNOS/c1-3-5-11-21(4-2)14-23(16-9-7-6-8-10-16)18-12-17(22)19(24)13-20(18)25-15-21/h6-10,12-13,24H,3-5,11,14-15H2,1-2H3. The van der Waals surface area contributed by atoms with E-state index in [0.29, 0.717) is 5.02 Å². The summed E-state index contributed by atoms with van der Waals surface area (Å²) in [4.78, 5) is 3.50. The molecule has 0 aromatic heterocycles. The van der Waals surface area contributed by atoms with Crippen LogP contribution in [0.2, 0.25) is 5.02 Å². The maximum Gasteiger partial charge on any atom is 0.135 e. The van der Waals surface area contributed by atoms with E-state index in [-0.39, 0.29) is 11.2 Å². The third-order valence-corrected chi connectivity index (χ3v) is 6.92. The molecule has 0 aliphatic carbocycles. The minimum absolute atomic E-state index is 0.165. The average molecular weight is 376 g/mol. The molecule has 2 aromatic carbocycles. The largest absolute Gasteiger partial charge is 0.506 e. The number of phenolic OH excluding ortho intramolecular Hbond substituents is 1. The summed E-state index contributed by atoms with van der Waals surface area (Å²) >= 11 is 8.11. The van der Waals surface area contributed by atoms with Crippen LogP contribution in [0.4, 0.5) is 11.4 Å². The summed E-state index contributed by atoms with van der Waals surface area (Å²) < 4.78 is 0. The molecule has 1 unspecified atom stereocenters. The molecule has 134 valence electrons. The molecule has 0 fully saturated rings. The first-order valence-corrected chi connectivity index (χ1v) is 10.4. The average Bonchev–Trinajstić information content (AvgIpc) is 2.79. The molecule has 0 saturated carbocycles. The molecule has 0 bridgehead atoms.